The first-order valence-corrected chi connectivity index (χ1v) is 6.52. The second-order valence-corrected chi connectivity index (χ2v) is 6.03. The first kappa shape index (κ1) is 11.9. The first-order valence-electron chi connectivity index (χ1n) is 4.55. The third-order valence-corrected chi connectivity index (χ3v) is 5.55. The minimum atomic E-state index is -0.563. The predicted octanol–water partition coefficient (Wildman–Crippen LogP) is 1.70. The molecule has 1 aliphatic rings. The molecule has 0 aromatic heterocycles. The molecule has 5 heteroatoms. The number of carbonyl (C=O) groups is 2. The van der Waals surface area contributed by atoms with Crippen molar-refractivity contribution in [2.75, 3.05) is 18.1 Å². The molecular weight excluding hydrogens is 220 g/mol. The Kier molecular flexibility index (Phi) is 4.31. The van der Waals surface area contributed by atoms with E-state index in [1.54, 1.807) is 37.4 Å². The van der Waals surface area contributed by atoms with Crippen LogP contribution in [0, 0.1) is 0 Å². The molecule has 0 saturated carbocycles. The fourth-order valence-corrected chi connectivity index (χ4v) is 4.29. The van der Waals surface area contributed by atoms with Gasteiger partial charge in [0, 0.05) is 11.5 Å². The Bertz CT molecular complexity index is 234. The lowest BCUT2D eigenvalue weighted by Gasteiger charge is -2.22. The Morgan fingerprint density at radius 2 is 1.93 bits per heavy atom. The average Bonchev–Trinajstić information content (AvgIpc) is 2.54. The number of ketones is 1. The SMILES string of the molecule is CCOC(=O)CC1(C(C)=O)SCCS1. The second-order valence-electron chi connectivity index (χ2n) is 2.99. The molecule has 0 spiro atoms. The number of ether oxygens (including phenoxy) is 1. The van der Waals surface area contributed by atoms with Crippen LogP contribution in [0.4, 0.5) is 0 Å². The van der Waals surface area contributed by atoms with Crippen molar-refractivity contribution in [1.82, 2.24) is 0 Å². The molecule has 80 valence electrons. The van der Waals surface area contributed by atoms with E-state index in [-0.39, 0.29) is 18.2 Å². The van der Waals surface area contributed by atoms with Crippen molar-refractivity contribution in [2.45, 2.75) is 24.3 Å². The van der Waals surface area contributed by atoms with Crippen LogP contribution in [0.25, 0.3) is 0 Å². The van der Waals surface area contributed by atoms with Gasteiger partial charge in [0.05, 0.1) is 13.0 Å². The van der Waals surface area contributed by atoms with Crippen molar-refractivity contribution in [1.29, 1.82) is 0 Å². The van der Waals surface area contributed by atoms with Gasteiger partial charge in [-0.3, -0.25) is 9.59 Å². The molecule has 1 saturated heterocycles. The average molecular weight is 234 g/mol. The van der Waals surface area contributed by atoms with Crippen LogP contribution in [-0.2, 0) is 14.3 Å². The van der Waals surface area contributed by atoms with Crippen molar-refractivity contribution in [3.8, 4) is 0 Å². The molecule has 1 fully saturated rings. The number of thioether (sulfide) groups is 2. The maximum absolute atomic E-state index is 11.5. The zero-order valence-electron chi connectivity index (χ0n) is 8.37. The minimum absolute atomic E-state index is 0.0676. The summed E-state index contributed by atoms with van der Waals surface area (Å²) in [6.07, 6.45) is 0.200. The van der Waals surface area contributed by atoms with Gasteiger partial charge in [0.15, 0.2) is 5.78 Å². The Labute approximate surface area is 92.3 Å². The van der Waals surface area contributed by atoms with Gasteiger partial charge < -0.3 is 4.74 Å². The summed E-state index contributed by atoms with van der Waals surface area (Å²) >= 11 is 3.13. The summed E-state index contributed by atoms with van der Waals surface area (Å²) < 4.78 is 4.30. The largest absolute Gasteiger partial charge is 0.466 e. The molecule has 0 N–H and O–H groups in total. The maximum atomic E-state index is 11.5. The highest BCUT2D eigenvalue weighted by Crippen LogP contribution is 2.47. The van der Waals surface area contributed by atoms with Gasteiger partial charge in [0.25, 0.3) is 0 Å². The van der Waals surface area contributed by atoms with E-state index in [0.29, 0.717) is 6.61 Å². The van der Waals surface area contributed by atoms with Crippen LogP contribution in [0.5, 0.6) is 0 Å². The Hall–Kier alpha value is -0.160. The van der Waals surface area contributed by atoms with Crippen LogP contribution < -0.4 is 0 Å². The Morgan fingerprint density at radius 1 is 1.36 bits per heavy atom. The van der Waals surface area contributed by atoms with Crippen molar-refractivity contribution in [3.05, 3.63) is 0 Å². The summed E-state index contributed by atoms with van der Waals surface area (Å²) in [5.74, 6) is 1.66. The van der Waals surface area contributed by atoms with Gasteiger partial charge >= 0.3 is 5.97 Å². The number of rotatable bonds is 4. The summed E-state index contributed by atoms with van der Waals surface area (Å²) in [4.78, 5) is 22.8. The van der Waals surface area contributed by atoms with Crippen LogP contribution in [0.2, 0.25) is 0 Å². The lowest BCUT2D eigenvalue weighted by molar-refractivity contribution is -0.144. The van der Waals surface area contributed by atoms with E-state index in [9.17, 15) is 9.59 Å². The highest BCUT2D eigenvalue weighted by Gasteiger charge is 2.42. The maximum Gasteiger partial charge on any atom is 0.308 e. The topological polar surface area (TPSA) is 43.4 Å². The summed E-state index contributed by atoms with van der Waals surface area (Å²) in [5.41, 5.74) is 0. The lowest BCUT2D eigenvalue weighted by atomic mass is 10.2. The molecule has 3 nitrogen and oxygen atoms in total. The molecular formula is C9H14O3S2. The van der Waals surface area contributed by atoms with Crippen molar-refractivity contribution >= 4 is 35.3 Å². The van der Waals surface area contributed by atoms with Gasteiger partial charge in [-0.25, -0.2) is 0 Å². The van der Waals surface area contributed by atoms with Crippen molar-refractivity contribution < 1.29 is 14.3 Å². The van der Waals surface area contributed by atoms with E-state index in [4.69, 9.17) is 4.74 Å². The summed E-state index contributed by atoms with van der Waals surface area (Å²) in [6.45, 7) is 3.69. The van der Waals surface area contributed by atoms with Crippen LogP contribution in [-0.4, -0.2) is 33.9 Å². The fraction of sp³-hybridized carbons (Fsp3) is 0.778. The van der Waals surface area contributed by atoms with Crippen LogP contribution in [0.1, 0.15) is 20.3 Å². The molecule has 0 aromatic rings. The molecule has 0 aliphatic carbocycles. The van der Waals surface area contributed by atoms with Gasteiger partial charge in [0.1, 0.15) is 4.08 Å². The van der Waals surface area contributed by atoms with Gasteiger partial charge in [-0.1, -0.05) is 0 Å². The standard InChI is InChI=1S/C9H14O3S2/c1-3-12-8(11)6-9(7(2)10)13-4-5-14-9/h3-6H2,1-2H3. The molecule has 1 aliphatic heterocycles. The van der Waals surface area contributed by atoms with E-state index in [1.807, 2.05) is 0 Å². The van der Waals surface area contributed by atoms with Crippen LogP contribution in [0.15, 0.2) is 0 Å². The molecule has 1 heterocycles. The summed E-state index contributed by atoms with van der Waals surface area (Å²) in [5, 5.41) is 0. The first-order chi connectivity index (χ1) is 6.60. The zero-order chi connectivity index (χ0) is 10.6. The van der Waals surface area contributed by atoms with Gasteiger partial charge in [-0.05, 0) is 13.8 Å². The van der Waals surface area contributed by atoms with E-state index in [2.05, 4.69) is 0 Å². The summed E-state index contributed by atoms with van der Waals surface area (Å²) in [6, 6.07) is 0. The van der Waals surface area contributed by atoms with Crippen LogP contribution in [0.3, 0.4) is 0 Å². The highest BCUT2D eigenvalue weighted by molar-refractivity contribution is 8.22. The molecule has 0 amide bonds. The van der Waals surface area contributed by atoms with Gasteiger partial charge in [0.2, 0.25) is 0 Å². The number of hydrogen-bond acceptors (Lipinski definition) is 5. The van der Waals surface area contributed by atoms with Crippen molar-refractivity contribution in [2.24, 2.45) is 0 Å². The zero-order valence-corrected chi connectivity index (χ0v) is 10.0. The van der Waals surface area contributed by atoms with E-state index >= 15 is 0 Å². The number of hydrogen-bond donors (Lipinski definition) is 0. The third kappa shape index (κ3) is 2.67. The quantitative estimate of drug-likeness (QED) is 0.693. The smallest absolute Gasteiger partial charge is 0.308 e. The van der Waals surface area contributed by atoms with Crippen molar-refractivity contribution in [3.63, 3.8) is 0 Å². The molecule has 0 atom stereocenters. The van der Waals surface area contributed by atoms with Gasteiger partial charge in [-0.2, -0.15) is 0 Å². The molecule has 14 heavy (non-hydrogen) atoms. The second kappa shape index (κ2) is 5.07. The van der Waals surface area contributed by atoms with Crippen LogP contribution >= 0.6 is 23.5 Å². The number of esters is 1. The molecule has 0 bridgehead atoms. The molecule has 0 aromatic carbocycles. The Balaban J connectivity index is 2.60. The van der Waals surface area contributed by atoms with E-state index < -0.39 is 4.08 Å². The molecule has 0 unspecified atom stereocenters. The minimum Gasteiger partial charge on any atom is -0.466 e. The van der Waals surface area contributed by atoms with E-state index in [1.165, 1.54) is 0 Å². The predicted molar refractivity (Wildman–Crippen MR) is 59.6 cm³/mol. The number of Topliss-reactive ketones (excluding diaryl/α,β-unsaturated/α-hetero) is 1. The van der Waals surface area contributed by atoms with Gasteiger partial charge in [-0.15, -0.1) is 23.5 Å². The lowest BCUT2D eigenvalue weighted by Crippen LogP contribution is -2.31. The highest BCUT2D eigenvalue weighted by atomic mass is 32.2. The fourth-order valence-electron chi connectivity index (χ4n) is 1.29. The Morgan fingerprint density at radius 3 is 2.36 bits per heavy atom. The number of carbonyl (C=O) groups excluding carboxylic acids is 2. The molecule has 0 radical (unpaired) electrons. The monoisotopic (exact) mass is 234 g/mol. The van der Waals surface area contributed by atoms with E-state index in [0.717, 1.165) is 11.5 Å². The normalized spacial score (nSPS) is 19.3. The molecule has 1 rings (SSSR count). The summed E-state index contributed by atoms with van der Waals surface area (Å²) in [7, 11) is 0. The third-order valence-electron chi connectivity index (χ3n) is 1.97.